The number of carbonyl (C=O) groups is 7. The van der Waals surface area contributed by atoms with E-state index in [1.54, 1.807) is 77.0 Å². The molecule has 3 saturated carbocycles. The van der Waals surface area contributed by atoms with Crippen LogP contribution in [0.2, 0.25) is 0 Å². The molecule has 0 unspecified atom stereocenters. The Morgan fingerprint density at radius 3 is 1.09 bits per heavy atom. The van der Waals surface area contributed by atoms with Crippen LogP contribution in [0.1, 0.15) is 156 Å². The summed E-state index contributed by atoms with van der Waals surface area (Å²) in [6.45, 7) is 22.6. The van der Waals surface area contributed by atoms with Crippen LogP contribution in [-0.4, -0.2) is 105 Å². The van der Waals surface area contributed by atoms with Gasteiger partial charge in [0.25, 0.3) is 0 Å². The number of fused-ring (bicyclic) bond motifs is 3. The number of halogens is 2. The lowest BCUT2D eigenvalue weighted by Crippen LogP contribution is -2.42. The molecule has 75 heavy (non-hydrogen) atoms. The van der Waals surface area contributed by atoms with Gasteiger partial charge in [-0.2, -0.15) is 0 Å². The monoisotopic (exact) mass is 1040 g/mol. The van der Waals surface area contributed by atoms with Crippen LogP contribution < -0.4 is 0 Å². The van der Waals surface area contributed by atoms with Crippen LogP contribution in [0.3, 0.4) is 0 Å². The molecule has 3 aliphatic heterocycles. The maximum absolute atomic E-state index is 14.6. The molecule has 3 aliphatic carbocycles. The molecular weight excluding hydrogens is 961 g/mol. The zero-order valence-corrected chi connectivity index (χ0v) is 45.8. The Hall–Kier alpha value is -5.99. The first-order valence-corrected chi connectivity index (χ1v) is 26.5. The molecule has 3 aromatic rings. The van der Waals surface area contributed by atoms with Crippen molar-refractivity contribution >= 4 is 41.4 Å². The van der Waals surface area contributed by atoms with Crippen LogP contribution in [0, 0.1) is 34.0 Å². The zero-order chi connectivity index (χ0) is 55.2. The highest BCUT2D eigenvalue weighted by molar-refractivity contribution is 6.10. The summed E-state index contributed by atoms with van der Waals surface area (Å²) in [4.78, 5) is 95.0. The summed E-state index contributed by atoms with van der Waals surface area (Å²) < 4.78 is 45.8. The zero-order valence-electron chi connectivity index (χ0n) is 45.8. The van der Waals surface area contributed by atoms with E-state index in [-0.39, 0.29) is 80.5 Å². The number of amides is 3. The van der Waals surface area contributed by atoms with Gasteiger partial charge in [0.2, 0.25) is 17.7 Å². The fraction of sp³-hybridized carbons (Fsp3) is 0.583. The molecule has 11 atom stereocenters. The van der Waals surface area contributed by atoms with E-state index in [1.807, 2.05) is 112 Å². The van der Waals surface area contributed by atoms with E-state index in [4.69, 9.17) is 14.2 Å². The smallest absolute Gasteiger partial charge is 0.315 e. The highest BCUT2D eigenvalue weighted by Gasteiger charge is 2.68. The van der Waals surface area contributed by atoms with Crippen molar-refractivity contribution in [1.82, 2.24) is 14.7 Å². The Morgan fingerprint density at radius 1 is 0.480 bits per heavy atom. The number of likely N-dealkylation sites (tertiary alicyclic amines) is 3. The maximum atomic E-state index is 14.6. The predicted molar refractivity (Wildman–Crippen MR) is 278 cm³/mol. The van der Waals surface area contributed by atoms with Gasteiger partial charge in [-0.3, -0.25) is 33.6 Å². The van der Waals surface area contributed by atoms with Crippen molar-refractivity contribution in [3.63, 3.8) is 0 Å². The molecule has 13 nitrogen and oxygen atoms in total. The number of alkyl halides is 2. The minimum absolute atomic E-state index is 0.140. The van der Waals surface area contributed by atoms with E-state index in [0.29, 0.717) is 19.3 Å². The molecule has 0 spiro atoms. The van der Waals surface area contributed by atoms with Crippen molar-refractivity contribution in [3.05, 3.63) is 108 Å². The first-order chi connectivity index (χ1) is 35.0. The van der Waals surface area contributed by atoms with E-state index in [1.165, 1.54) is 0 Å². The second kappa shape index (κ2) is 21.2. The number of hydrogen-bond donors (Lipinski definition) is 0. The minimum atomic E-state index is -1.28. The van der Waals surface area contributed by atoms with Gasteiger partial charge in [-0.05, 0) is 132 Å². The SMILES string of the molecule is C[C@H](c1ccccc1)N1C[C@]2(C(=O)OC(C)(C)C)CCC(=O)[C@@H]2C1=O.C[C@H](c1ccccc1)N1C[C@]2(C(=O)OC(C)(C)C)CC[C@@H](F)[C@@H]2C1=O.C[C@H](c1ccccc1)N1C[C@]2(C(=O)OC(C)(C)C)CC[C@H](F)[C@@H]2C1=O. The van der Waals surface area contributed by atoms with Gasteiger partial charge in [0.1, 0.15) is 57.1 Å². The second-order valence-electron chi connectivity index (χ2n) is 24.6. The van der Waals surface area contributed by atoms with Gasteiger partial charge >= 0.3 is 17.9 Å². The number of ketones is 1. The predicted octanol–water partition coefficient (Wildman–Crippen LogP) is 10.2. The molecular formula is C60H77F2N3O10. The van der Waals surface area contributed by atoms with Gasteiger partial charge in [0, 0.05) is 26.1 Å². The molecule has 3 aromatic carbocycles. The fourth-order valence-electron chi connectivity index (χ4n) is 12.1. The highest BCUT2D eigenvalue weighted by Crippen LogP contribution is 2.56. The molecule has 0 bridgehead atoms. The highest BCUT2D eigenvalue weighted by atomic mass is 19.1. The normalized spacial score (nSPS) is 29.3. The number of carbonyl (C=O) groups excluding carboxylic acids is 7. The summed E-state index contributed by atoms with van der Waals surface area (Å²) >= 11 is 0. The Labute approximate surface area is 441 Å². The van der Waals surface area contributed by atoms with Crippen LogP contribution in [0.4, 0.5) is 8.78 Å². The standard InChI is InChI=1S/2C20H26FNO3.C20H25NO4/c2*1-13(14-8-6-5-7-9-14)22-12-20(18(24)25-19(2,3)4)11-10-15(21)16(20)17(22)23;1-13(14-8-6-5-7-9-14)21-12-20(18(24)25-19(2,3)4)11-10-15(22)16(20)17(21)23/h2*5-9,13,15-16H,10-12H2,1-4H3;5-9,13,16H,10-12H2,1-4H3/t13-,15+,16-,20-;13-,15-,16-,20-;13-,16-,20-/m111/s1. The van der Waals surface area contributed by atoms with Gasteiger partial charge in [0.05, 0.1) is 30.0 Å². The van der Waals surface area contributed by atoms with Crippen LogP contribution in [-0.2, 0) is 47.8 Å². The van der Waals surface area contributed by atoms with Gasteiger partial charge in [-0.25, -0.2) is 8.78 Å². The molecule has 3 heterocycles. The lowest BCUT2D eigenvalue weighted by Gasteiger charge is -2.31. The molecule has 0 radical (unpaired) electrons. The molecule has 3 saturated heterocycles. The van der Waals surface area contributed by atoms with Gasteiger partial charge in [-0.1, -0.05) is 91.0 Å². The summed E-state index contributed by atoms with van der Waals surface area (Å²) in [5.41, 5.74) is -2.19. The lowest BCUT2D eigenvalue weighted by molar-refractivity contribution is -0.170. The van der Waals surface area contributed by atoms with E-state index >= 15 is 0 Å². The Bertz CT molecular complexity index is 2500. The number of Topliss-reactive ketones (excluding diaryl/α,β-unsaturated/α-hetero) is 1. The van der Waals surface area contributed by atoms with E-state index in [9.17, 15) is 42.3 Å². The number of nitrogens with zero attached hydrogens (tertiary/aromatic N) is 3. The van der Waals surface area contributed by atoms with Gasteiger partial charge in [0.15, 0.2) is 0 Å². The number of ether oxygens (including phenoxy) is 3. The third-order valence-electron chi connectivity index (χ3n) is 16.0. The van der Waals surface area contributed by atoms with Crippen LogP contribution in [0.25, 0.3) is 0 Å². The van der Waals surface area contributed by atoms with E-state index in [2.05, 4.69) is 0 Å². The first kappa shape index (κ1) is 56.7. The Morgan fingerprint density at radius 2 is 0.773 bits per heavy atom. The molecule has 0 aromatic heterocycles. The molecule has 9 rings (SSSR count). The third-order valence-corrected chi connectivity index (χ3v) is 16.0. The Kier molecular flexibility index (Phi) is 16.0. The number of rotatable bonds is 9. The Balaban J connectivity index is 0.000000164. The van der Waals surface area contributed by atoms with Crippen molar-refractivity contribution in [2.45, 2.75) is 169 Å². The van der Waals surface area contributed by atoms with Crippen molar-refractivity contribution in [2.75, 3.05) is 19.6 Å². The third kappa shape index (κ3) is 11.3. The molecule has 6 aliphatic rings. The quantitative estimate of drug-likeness (QED) is 0.115. The summed E-state index contributed by atoms with van der Waals surface area (Å²) in [6, 6.07) is 28.3. The molecule has 406 valence electrons. The topological polar surface area (TPSA) is 157 Å². The van der Waals surface area contributed by atoms with Gasteiger partial charge in [-0.15, -0.1) is 0 Å². The molecule has 0 N–H and O–H groups in total. The summed E-state index contributed by atoms with van der Waals surface area (Å²) in [5, 5.41) is 0. The largest absolute Gasteiger partial charge is 0.459 e. The average molecular weight is 1040 g/mol. The van der Waals surface area contributed by atoms with Crippen LogP contribution in [0.5, 0.6) is 0 Å². The number of benzene rings is 3. The second-order valence-corrected chi connectivity index (χ2v) is 24.6. The lowest BCUT2D eigenvalue weighted by atomic mass is 9.80. The number of hydrogen-bond acceptors (Lipinski definition) is 10. The first-order valence-electron chi connectivity index (χ1n) is 26.5. The molecule has 15 heteroatoms. The van der Waals surface area contributed by atoms with E-state index < -0.39 is 81.1 Å². The van der Waals surface area contributed by atoms with Crippen molar-refractivity contribution in [3.8, 4) is 0 Å². The van der Waals surface area contributed by atoms with Crippen LogP contribution in [0.15, 0.2) is 91.0 Å². The van der Waals surface area contributed by atoms with Crippen molar-refractivity contribution < 1.29 is 56.6 Å². The van der Waals surface area contributed by atoms with Crippen LogP contribution >= 0.6 is 0 Å². The number of esters is 3. The van der Waals surface area contributed by atoms with Crippen molar-refractivity contribution in [2.24, 2.45) is 34.0 Å². The van der Waals surface area contributed by atoms with Crippen molar-refractivity contribution in [1.29, 1.82) is 0 Å². The fourth-order valence-corrected chi connectivity index (χ4v) is 12.1. The maximum Gasteiger partial charge on any atom is 0.315 e. The average Bonchev–Trinajstić information content (AvgIpc) is 4.17. The minimum Gasteiger partial charge on any atom is -0.459 e. The summed E-state index contributed by atoms with van der Waals surface area (Å²) in [7, 11) is 0. The summed E-state index contributed by atoms with van der Waals surface area (Å²) in [5.74, 6) is -4.98. The molecule has 6 fully saturated rings. The van der Waals surface area contributed by atoms with E-state index in [0.717, 1.165) is 16.7 Å². The summed E-state index contributed by atoms with van der Waals surface area (Å²) in [6.07, 6.45) is -0.722. The molecule has 3 amide bonds. The van der Waals surface area contributed by atoms with Gasteiger partial charge < -0.3 is 28.9 Å².